The summed E-state index contributed by atoms with van der Waals surface area (Å²) in [6, 6.07) is -0.118. The van der Waals surface area contributed by atoms with Gasteiger partial charge >= 0.3 is 0 Å². The first kappa shape index (κ1) is 13.4. The molecular weight excluding hydrogens is 228 g/mol. The third kappa shape index (κ3) is 3.75. The second-order valence-corrected chi connectivity index (χ2v) is 6.57. The summed E-state index contributed by atoms with van der Waals surface area (Å²) in [5.41, 5.74) is 0. The van der Waals surface area contributed by atoms with Gasteiger partial charge < -0.3 is 10.2 Å². The molecule has 0 aromatic rings. The lowest BCUT2D eigenvalue weighted by Gasteiger charge is -2.22. The maximum Gasteiger partial charge on any atom is 0.277 e. The average Bonchev–Trinajstić information content (AvgIpc) is 2.58. The first-order valence-corrected chi connectivity index (χ1v) is 7.56. The smallest absolute Gasteiger partial charge is 0.277 e. The largest absolute Gasteiger partial charge is 0.338 e. The van der Waals surface area contributed by atoms with E-state index >= 15 is 0 Å². The van der Waals surface area contributed by atoms with Crippen LogP contribution in [-0.2, 0) is 14.6 Å². The molecule has 1 atom stereocenters. The highest BCUT2D eigenvalue weighted by Gasteiger charge is 2.32. The van der Waals surface area contributed by atoms with Crippen molar-refractivity contribution in [3.05, 3.63) is 0 Å². The maximum atomic E-state index is 11.7. The van der Waals surface area contributed by atoms with Crippen LogP contribution >= 0.6 is 0 Å². The standard InChI is InChI=1S/C10H20N2O3S/c1-3-5-11-7-10(13)12(2)9-4-6-16(14,15)8-9/h9,11H,3-8H2,1-2H3/p+1/t9-/m0/s1. The molecule has 0 aromatic heterocycles. The number of amides is 1. The van der Waals surface area contributed by atoms with Gasteiger partial charge in [0, 0.05) is 13.1 Å². The predicted molar refractivity (Wildman–Crippen MR) is 61.8 cm³/mol. The minimum absolute atomic E-state index is 0.0237. The van der Waals surface area contributed by atoms with Gasteiger partial charge in [-0.25, -0.2) is 8.42 Å². The van der Waals surface area contributed by atoms with E-state index in [4.69, 9.17) is 0 Å². The van der Waals surface area contributed by atoms with Crippen LogP contribution in [0.15, 0.2) is 0 Å². The highest BCUT2D eigenvalue weighted by molar-refractivity contribution is 7.91. The van der Waals surface area contributed by atoms with Crippen molar-refractivity contribution < 1.29 is 18.5 Å². The van der Waals surface area contributed by atoms with Crippen LogP contribution in [-0.4, -0.2) is 56.9 Å². The molecule has 0 saturated carbocycles. The Morgan fingerprint density at radius 2 is 2.19 bits per heavy atom. The number of rotatable bonds is 5. The van der Waals surface area contributed by atoms with E-state index in [1.54, 1.807) is 11.9 Å². The van der Waals surface area contributed by atoms with Gasteiger partial charge in [0.1, 0.15) is 0 Å². The molecule has 1 fully saturated rings. The van der Waals surface area contributed by atoms with Crippen molar-refractivity contribution in [3.63, 3.8) is 0 Å². The van der Waals surface area contributed by atoms with Crippen LogP contribution in [0.4, 0.5) is 0 Å². The quantitative estimate of drug-likeness (QED) is 0.610. The summed E-state index contributed by atoms with van der Waals surface area (Å²) in [4.78, 5) is 13.3. The maximum absolute atomic E-state index is 11.7. The van der Waals surface area contributed by atoms with E-state index in [0.717, 1.165) is 13.0 Å². The fourth-order valence-corrected chi connectivity index (χ4v) is 3.63. The van der Waals surface area contributed by atoms with Crippen LogP contribution in [0, 0.1) is 0 Å². The Bertz CT molecular complexity index is 340. The van der Waals surface area contributed by atoms with Crippen molar-refractivity contribution in [1.82, 2.24) is 4.90 Å². The summed E-state index contributed by atoms with van der Waals surface area (Å²) in [6.07, 6.45) is 1.62. The third-order valence-corrected chi connectivity index (χ3v) is 4.71. The van der Waals surface area contributed by atoms with E-state index in [1.165, 1.54) is 0 Å². The monoisotopic (exact) mass is 249 g/mol. The minimum Gasteiger partial charge on any atom is -0.338 e. The number of carbonyl (C=O) groups excluding carboxylic acids is 1. The summed E-state index contributed by atoms with van der Waals surface area (Å²) in [6.45, 7) is 3.41. The van der Waals surface area contributed by atoms with E-state index < -0.39 is 9.84 Å². The number of nitrogens with two attached hydrogens (primary N) is 1. The van der Waals surface area contributed by atoms with Crippen LogP contribution in [0.1, 0.15) is 19.8 Å². The van der Waals surface area contributed by atoms with Crippen molar-refractivity contribution in [2.45, 2.75) is 25.8 Å². The number of hydrogen-bond acceptors (Lipinski definition) is 3. The Morgan fingerprint density at radius 1 is 1.50 bits per heavy atom. The van der Waals surface area contributed by atoms with Crippen molar-refractivity contribution in [1.29, 1.82) is 0 Å². The molecule has 5 nitrogen and oxygen atoms in total. The second-order valence-electron chi connectivity index (χ2n) is 4.34. The lowest BCUT2D eigenvalue weighted by molar-refractivity contribution is -0.644. The normalized spacial score (nSPS) is 23.2. The van der Waals surface area contributed by atoms with Crippen LogP contribution in [0.25, 0.3) is 0 Å². The van der Waals surface area contributed by atoms with Gasteiger partial charge in [-0.3, -0.25) is 4.79 Å². The highest BCUT2D eigenvalue weighted by Crippen LogP contribution is 2.16. The van der Waals surface area contributed by atoms with Crippen LogP contribution in [0.3, 0.4) is 0 Å². The fourth-order valence-electron chi connectivity index (χ4n) is 1.86. The van der Waals surface area contributed by atoms with E-state index in [9.17, 15) is 13.2 Å². The number of quaternary nitrogens is 1. The zero-order chi connectivity index (χ0) is 12.2. The van der Waals surface area contributed by atoms with Crippen molar-refractivity contribution in [2.75, 3.05) is 31.6 Å². The summed E-state index contributed by atoms with van der Waals surface area (Å²) >= 11 is 0. The van der Waals surface area contributed by atoms with E-state index in [-0.39, 0.29) is 23.5 Å². The number of nitrogens with zero attached hydrogens (tertiary/aromatic N) is 1. The van der Waals surface area contributed by atoms with E-state index in [2.05, 4.69) is 6.92 Å². The Hall–Kier alpha value is -0.620. The molecule has 1 rings (SSSR count). The van der Waals surface area contributed by atoms with Gasteiger partial charge in [-0.15, -0.1) is 0 Å². The molecule has 1 aliphatic rings. The average molecular weight is 249 g/mol. The Balaban J connectivity index is 2.40. The third-order valence-electron chi connectivity index (χ3n) is 2.96. The zero-order valence-corrected chi connectivity index (χ0v) is 10.8. The SMILES string of the molecule is CCC[NH2+]CC(=O)N(C)[C@H]1CCS(=O)(=O)C1. The number of likely N-dealkylation sites (N-methyl/N-ethyl adjacent to an activating group) is 1. The second kappa shape index (κ2) is 5.63. The molecular formula is C10H21N2O3S+. The Labute approximate surface area is 97.1 Å². The zero-order valence-electron chi connectivity index (χ0n) is 9.98. The Kier molecular flexibility index (Phi) is 4.73. The molecule has 1 heterocycles. The number of sulfone groups is 1. The van der Waals surface area contributed by atoms with Gasteiger partial charge in [0.25, 0.3) is 5.91 Å². The molecule has 0 aromatic carbocycles. The first-order chi connectivity index (χ1) is 7.46. The number of hydrogen-bond donors (Lipinski definition) is 1. The fraction of sp³-hybridized carbons (Fsp3) is 0.900. The molecule has 0 spiro atoms. The molecule has 1 aliphatic heterocycles. The van der Waals surface area contributed by atoms with Crippen LogP contribution < -0.4 is 5.32 Å². The summed E-state index contributed by atoms with van der Waals surface area (Å²) < 4.78 is 22.6. The topological polar surface area (TPSA) is 71.1 Å². The molecule has 16 heavy (non-hydrogen) atoms. The van der Waals surface area contributed by atoms with Gasteiger partial charge in [-0.05, 0) is 12.8 Å². The lowest BCUT2D eigenvalue weighted by atomic mass is 10.2. The molecule has 1 amide bonds. The molecule has 1 saturated heterocycles. The molecule has 0 aliphatic carbocycles. The molecule has 0 bridgehead atoms. The van der Waals surface area contributed by atoms with E-state index in [1.807, 2.05) is 5.32 Å². The molecule has 0 unspecified atom stereocenters. The van der Waals surface area contributed by atoms with Crippen molar-refractivity contribution in [3.8, 4) is 0 Å². The number of carbonyl (C=O) groups is 1. The molecule has 6 heteroatoms. The summed E-state index contributed by atoms with van der Waals surface area (Å²) in [7, 11) is -1.20. The first-order valence-electron chi connectivity index (χ1n) is 5.74. The van der Waals surface area contributed by atoms with Gasteiger partial charge in [-0.2, -0.15) is 0 Å². The van der Waals surface area contributed by atoms with Gasteiger partial charge in [0.05, 0.1) is 18.1 Å². The van der Waals surface area contributed by atoms with Crippen molar-refractivity contribution >= 4 is 15.7 Å². The minimum atomic E-state index is -2.90. The van der Waals surface area contributed by atoms with Crippen molar-refractivity contribution in [2.24, 2.45) is 0 Å². The Morgan fingerprint density at radius 3 is 2.69 bits per heavy atom. The summed E-state index contributed by atoms with van der Waals surface area (Å²) in [5.74, 6) is 0.368. The summed E-state index contributed by atoms with van der Waals surface area (Å²) in [5, 5.41) is 1.96. The molecule has 94 valence electrons. The van der Waals surface area contributed by atoms with Gasteiger partial charge in [-0.1, -0.05) is 6.92 Å². The molecule has 0 radical (unpaired) electrons. The predicted octanol–water partition coefficient (Wildman–Crippen LogP) is -1.39. The highest BCUT2D eigenvalue weighted by atomic mass is 32.2. The van der Waals surface area contributed by atoms with Crippen LogP contribution in [0.2, 0.25) is 0 Å². The van der Waals surface area contributed by atoms with E-state index in [0.29, 0.717) is 13.0 Å². The van der Waals surface area contributed by atoms with Crippen LogP contribution in [0.5, 0.6) is 0 Å². The molecule has 2 N–H and O–H groups in total. The van der Waals surface area contributed by atoms with Gasteiger partial charge in [0.2, 0.25) is 0 Å². The van der Waals surface area contributed by atoms with Gasteiger partial charge in [0.15, 0.2) is 16.4 Å². The lowest BCUT2D eigenvalue weighted by Crippen LogP contribution is -2.86.